The molecule has 1 fully saturated rings. The van der Waals surface area contributed by atoms with E-state index in [1.807, 2.05) is 4.90 Å². The first kappa shape index (κ1) is 18.3. The number of rotatable bonds is 6. The van der Waals surface area contributed by atoms with Crippen molar-refractivity contribution in [2.45, 2.75) is 19.4 Å². The summed E-state index contributed by atoms with van der Waals surface area (Å²) in [5.41, 5.74) is 1.11. The number of carbonyl (C=O) groups excluding carboxylic acids is 1. The Hall–Kier alpha value is -3.49. The van der Waals surface area contributed by atoms with Crippen molar-refractivity contribution in [3.63, 3.8) is 0 Å². The summed E-state index contributed by atoms with van der Waals surface area (Å²) in [6.45, 7) is 1.47. The lowest BCUT2D eigenvalue weighted by molar-refractivity contribution is -0.385. The van der Waals surface area contributed by atoms with Crippen LogP contribution in [0.1, 0.15) is 28.8 Å². The second kappa shape index (κ2) is 7.81. The van der Waals surface area contributed by atoms with Crippen molar-refractivity contribution < 1.29 is 19.4 Å². The first-order valence-electron chi connectivity index (χ1n) is 8.39. The van der Waals surface area contributed by atoms with E-state index in [9.17, 15) is 25.0 Å². The van der Waals surface area contributed by atoms with Crippen molar-refractivity contribution in [3.8, 4) is 0 Å². The number of ether oxygens (including phenoxy) is 1. The van der Waals surface area contributed by atoms with Gasteiger partial charge in [0.1, 0.15) is 6.61 Å². The second-order valence-electron chi connectivity index (χ2n) is 6.15. The number of hydrogen-bond donors (Lipinski definition) is 0. The Morgan fingerprint density at radius 1 is 0.963 bits per heavy atom. The Morgan fingerprint density at radius 3 is 2.15 bits per heavy atom. The molecule has 1 saturated heterocycles. The minimum atomic E-state index is -0.668. The zero-order valence-corrected chi connectivity index (χ0v) is 14.4. The zero-order valence-electron chi connectivity index (χ0n) is 14.4. The number of nitro benzene ring substituents is 2. The molecule has 9 heteroatoms. The van der Waals surface area contributed by atoms with Gasteiger partial charge in [0.2, 0.25) is 0 Å². The molecule has 0 bridgehead atoms. The van der Waals surface area contributed by atoms with Gasteiger partial charge in [-0.3, -0.25) is 20.2 Å². The predicted molar refractivity (Wildman–Crippen MR) is 96.8 cm³/mol. The van der Waals surface area contributed by atoms with E-state index in [-0.39, 0.29) is 23.5 Å². The van der Waals surface area contributed by atoms with Crippen LogP contribution < -0.4 is 4.90 Å². The Balaban J connectivity index is 1.78. The van der Waals surface area contributed by atoms with E-state index < -0.39 is 15.8 Å². The summed E-state index contributed by atoms with van der Waals surface area (Å²) in [5.74, 6) is -0.668. The highest BCUT2D eigenvalue weighted by Gasteiger charge is 2.23. The van der Waals surface area contributed by atoms with Crippen LogP contribution >= 0.6 is 0 Å². The quantitative estimate of drug-likeness (QED) is 0.434. The molecule has 0 saturated carbocycles. The molecule has 0 aromatic heterocycles. The normalized spacial score (nSPS) is 13.4. The summed E-state index contributed by atoms with van der Waals surface area (Å²) >= 11 is 0. The molecule has 9 nitrogen and oxygen atoms in total. The number of esters is 1. The molecule has 140 valence electrons. The van der Waals surface area contributed by atoms with Crippen LogP contribution in [-0.2, 0) is 11.3 Å². The average molecular weight is 371 g/mol. The first-order valence-corrected chi connectivity index (χ1v) is 8.39. The molecule has 2 aromatic rings. The molecule has 0 spiro atoms. The number of benzene rings is 2. The highest BCUT2D eigenvalue weighted by molar-refractivity contribution is 5.96. The molecule has 1 aliphatic heterocycles. The number of carbonyl (C=O) groups is 1. The third-order valence-electron chi connectivity index (χ3n) is 4.37. The third kappa shape index (κ3) is 4.20. The number of anilines is 1. The van der Waals surface area contributed by atoms with E-state index in [2.05, 4.69) is 0 Å². The van der Waals surface area contributed by atoms with Gasteiger partial charge in [-0.15, -0.1) is 0 Å². The maximum absolute atomic E-state index is 12.6. The van der Waals surface area contributed by atoms with Crippen LogP contribution in [0.5, 0.6) is 0 Å². The number of hydrogen-bond acceptors (Lipinski definition) is 7. The van der Waals surface area contributed by atoms with E-state index in [0.29, 0.717) is 11.3 Å². The largest absolute Gasteiger partial charge is 0.457 e. The van der Waals surface area contributed by atoms with Crippen molar-refractivity contribution in [2.75, 3.05) is 18.0 Å². The SMILES string of the molecule is O=C(OCc1ccc([N+](=O)[O-])cc1)c1cc([N+](=O)[O-])ccc1N1CCCC1. The minimum absolute atomic E-state index is 0.0555. The maximum Gasteiger partial charge on any atom is 0.340 e. The first-order chi connectivity index (χ1) is 13.0. The summed E-state index contributed by atoms with van der Waals surface area (Å²) in [7, 11) is 0. The van der Waals surface area contributed by atoms with Crippen LogP contribution in [0.15, 0.2) is 42.5 Å². The Kier molecular flexibility index (Phi) is 5.30. The van der Waals surface area contributed by atoms with Crippen molar-refractivity contribution in [1.82, 2.24) is 0 Å². The van der Waals surface area contributed by atoms with Gasteiger partial charge in [-0.1, -0.05) is 0 Å². The molecular formula is C18H17N3O6. The van der Waals surface area contributed by atoms with Crippen LogP contribution in [0, 0.1) is 20.2 Å². The summed E-state index contributed by atoms with van der Waals surface area (Å²) in [6, 6.07) is 9.83. The number of nitrogens with zero attached hydrogens (tertiary/aromatic N) is 3. The van der Waals surface area contributed by atoms with E-state index in [0.717, 1.165) is 25.9 Å². The van der Waals surface area contributed by atoms with Gasteiger partial charge in [0.25, 0.3) is 11.4 Å². The summed E-state index contributed by atoms with van der Waals surface area (Å²) in [4.78, 5) is 35.2. The van der Waals surface area contributed by atoms with Crippen molar-refractivity contribution >= 4 is 23.0 Å². The van der Waals surface area contributed by atoms with E-state index in [1.54, 1.807) is 6.07 Å². The Morgan fingerprint density at radius 2 is 1.56 bits per heavy atom. The lowest BCUT2D eigenvalue weighted by Crippen LogP contribution is -2.21. The topological polar surface area (TPSA) is 116 Å². The molecule has 1 heterocycles. The highest BCUT2D eigenvalue weighted by Crippen LogP contribution is 2.29. The number of nitro groups is 2. The van der Waals surface area contributed by atoms with Gasteiger partial charge >= 0.3 is 5.97 Å². The molecule has 27 heavy (non-hydrogen) atoms. The lowest BCUT2D eigenvalue weighted by Gasteiger charge is -2.20. The van der Waals surface area contributed by atoms with Gasteiger partial charge in [0, 0.05) is 37.4 Å². The molecule has 1 aliphatic rings. The van der Waals surface area contributed by atoms with Crippen LogP contribution in [0.2, 0.25) is 0 Å². The van der Waals surface area contributed by atoms with E-state index in [4.69, 9.17) is 4.74 Å². The molecular weight excluding hydrogens is 354 g/mol. The second-order valence-corrected chi connectivity index (χ2v) is 6.15. The summed E-state index contributed by atoms with van der Waals surface area (Å²) < 4.78 is 5.29. The number of non-ortho nitro benzene ring substituents is 2. The van der Waals surface area contributed by atoms with Gasteiger partial charge in [0.05, 0.1) is 21.1 Å². The molecule has 0 aliphatic carbocycles. The fourth-order valence-electron chi connectivity index (χ4n) is 2.98. The van der Waals surface area contributed by atoms with E-state index in [1.165, 1.54) is 36.4 Å². The van der Waals surface area contributed by atoms with Gasteiger partial charge < -0.3 is 9.64 Å². The van der Waals surface area contributed by atoms with Gasteiger partial charge in [-0.25, -0.2) is 4.79 Å². The van der Waals surface area contributed by atoms with Gasteiger partial charge in [-0.2, -0.15) is 0 Å². The maximum atomic E-state index is 12.6. The highest BCUT2D eigenvalue weighted by atomic mass is 16.6. The molecule has 2 aromatic carbocycles. The lowest BCUT2D eigenvalue weighted by atomic mass is 10.1. The summed E-state index contributed by atoms with van der Waals surface area (Å²) in [6.07, 6.45) is 1.99. The van der Waals surface area contributed by atoms with Crippen molar-refractivity contribution in [2.24, 2.45) is 0 Å². The monoisotopic (exact) mass is 371 g/mol. The van der Waals surface area contributed by atoms with Crippen LogP contribution in [0.3, 0.4) is 0 Å². The van der Waals surface area contributed by atoms with Crippen LogP contribution in [-0.4, -0.2) is 28.9 Å². The van der Waals surface area contributed by atoms with Crippen LogP contribution in [0.25, 0.3) is 0 Å². The van der Waals surface area contributed by atoms with Crippen molar-refractivity contribution in [1.29, 1.82) is 0 Å². The fourth-order valence-corrected chi connectivity index (χ4v) is 2.98. The fraction of sp³-hybridized carbons (Fsp3) is 0.278. The standard InChI is InChI=1S/C18H17N3O6/c22-18(27-12-13-3-5-14(6-4-13)20(23)24)16-11-15(21(25)26)7-8-17(16)19-9-1-2-10-19/h3-8,11H,1-2,9-10,12H2. The molecule has 0 N–H and O–H groups in total. The Labute approximate surface area is 154 Å². The smallest absolute Gasteiger partial charge is 0.340 e. The minimum Gasteiger partial charge on any atom is -0.457 e. The zero-order chi connectivity index (χ0) is 19.4. The van der Waals surface area contributed by atoms with Gasteiger partial charge in [0.15, 0.2) is 0 Å². The molecule has 3 rings (SSSR count). The van der Waals surface area contributed by atoms with E-state index >= 15 is 0 Å². The average Bonchev–Trinajstić information content (AvgIpc) is 3.20. The van der Waals surface area contributed by atoms with Crippen molar-refractivity contribution in [3.05, 3.63) is 73.8 Å². The molecule has 0 amide bonds. The Bertz CT molecular complexity index is 875. The van der Waals surface area contributed by atoms with Gasteiger partial charge in [-0.05, 0) is 36.6 Å². The molecule has 0 radical (unpaired) electrons. The van der Waals surface area contributed by atoms with Crippen LogP contribution in [0.4, 0.5) is 17.1 Å². The predicted octanol–water partition coefficient (Wildman–Crippen LogP) is 3.46. The summed E-state index contributed by atoms with van der Waals surface area (Å²) in [5, 5.41) is 21.7. The third-order valence-corrected chi connectivity index (χ3v) is 4.37. The molecule has 0 atom stereocenters. The molecule has 0 unspecified atom stereocenters.